The molecule has 0 saturated carbocycles. The first-order chi connectivity index (χ1) is 9.69. The first kappa shape index (κ1) is 20.9. The van der Waals surface area contributed by atoms with Crippen molar-refractivity contribution in [2.75, 3.05) is 12.8 Å². The molecule has 126 valence electrons. The molecule has 0 aliphatic heterocycles. The molecule has 22 heavy (non-hydrogen) atoms. The fraction of sp³-hybridized carbons (Fsp3) is 0.533. The van der Waals surface area contributed by atoms with Gasteiger partial charge in [-0.25, -0.2) is 8.42 Å². The second kappa shape index (κ2) is 7.94. The van der Waals surface area contributed by atoms with E-state index in [2.05, 4.69) is 5.32 Å². The fourth-order valence-corrected chi connectivity index (χ4v) is 2.80. The molecule has 0 heterocycles. The van der Waals surface area contributed by atoms with Gasteiger partial charge in [-0.2, -0.15) is 0 Å². The van der Waals surface area contributed by atoms with Crippen molar-refractivity contribution in [3.8, 4) is 0 Å². The molecule has 0 aromatic heterocycles. The highest BCUT2D eigenvalue weighted by Crippen LogP contribution is 2.19. The number of halogens is 1. The van der Waals surface area contributed by atoms with E-state index in [1.165, 1.54) is 12.1 Å². The molecule has 0 aliphatic carbocycles. The Hall–Kier alpha value is -1.11. The van der Waals surface area contributed by atoms with E-state index in [-0.39, 0.29) is 23.2 Å². The molecule has 0 fully saturated rings. The number of carbonyl (C=O) groups excluding carboxylic acids is 1. The topological polar surface area (TPSA) is 89.3 Å². The maximum atomic E-state index is 12.5. The standard InChI is InChI=1S/C15H24N2O3S.ClH/c1-5-15(6-2,10-16)17-14(18)13-9-12(21(4,19)20)8-7-11(13)3;/h7-9H,5-6,10,16H2,1-4H3,(H,17,18);1H. The highest BCUT2D eigenvalue weighted by molar-refractivity contribution is 7.90. The third-order valence-corrected chi connectivity index (χ3v) is 5.12. The van der Waals surface area contributed by atoms with Crippen molar-refractivity contribution in [3.05, 3.63) is 29.3 Å². The molecule has 0 bridgehead atoms. The first-order valence-electron chi connectivity index (χ1n) is 7.02. The van der Waals surface area contributed by atoms with Crippen LogP contribution in [0.4, 0.5) is 0 Å². The average molecular weight is 349 g/mol. The molecular weight excluding hydrogens is 324 g/mol. The van der Waals surface area contributed by atoms with Gasteiger partial charge in [0.05, 0.1) is 10.4 Å². The molecule has 0 spiro atoms. The van der Waals surface area contributed by atoms with Crippen molar-refractivity contribution in [1.82, 2.24) is 5.32 Å². The number of hydrogen-bond acceptors (Lipinski definition) is 4. The number of carbonyl (C=O) groups is 1. The summed E-state index contributed by atoms with van der Waals surface area (Å²) in [4.78, 5) is 12.6. The average Bonchev–Trinajstić information content (AvgIpc) is 2.44. The van der Waals surface area contributed by atoms with Crippen molar-refractivity contribution >= 4 is 28.2 Å². The van der Waals surface area contributed by atoms with Gasteiger partial charge in [0.25, 0.3) is 5.91 Å². The van der Waals surface area contributed by atoms with Crippen LogP contribution >= 0.6 is 12.4 Å². The van der Waals surface area contributed by atoms with Gasteiger partial charge in [-0.05, 0) is 37.5 Å². The Balaban J connectivity index is 0.00000441. The van der Waals surface area contributed by atoms with Gasteiger partial charge in [0, 0.05) is 18.4 Å². The first-order valence-corrected chi connectivity index (χ1v) is 8.91. The largest absolute Gasteiger partial charge is 0.345 e. The fourth-order valence-electron chi connectivity index (χ4n) is 2.15. The van der Waals surface area contributed by atoms with Crippen molar-refractivity contribution in [1.29, 1.82) is 0 Å². The molecule has 0 atom stereocenters. The van der Waals surface area contributed by atoms with Gasteiger partial charge in [-0.15, -0.1) is 12.4 Å². The van der Waals surface area contributed by atoms with E-state index < -0.39 is 15.4 Å². The molecule has 3 N–H and O–H groups in total. The van der Waals surface area contributed by atoms with Crippen molar-refractivity contribution < 1.29 is 13.2 Å². The smallest absolute Gasteiger partial charge is 0.252 e. The lowest BCUT2D eigenvalue weighted by Crippen LogP contribution is -2.53. The van der Waals surface area contributed by atoms with Crippen molar-refractivity contribution in [3.63, 3.8) is 0 Å². The highest BCUT2D eigenvalue weighted by atomic mass is 35.5. The minimum Gasteiger partial charge on any atom is -0.345 e. The lowest BCUT2D eigenvalue weighted by molar-refractivity contribution is 0.0894. The van der Waals surface area contributed by atoms with E-state index >= 15 is 0 Å². The summed E-state index contributed by atoms with van der Waals surface area (Å²) < 4.78 is 23.2. The third kappa shape index (κ3) is 4.69. The van der Waals surface area contributed by atoms with Crippen LogP contribution in [0.3, 0.4) is 0 Å². The second-order valence-corrected chi connectivity index (χ2v) is 7.41. The Morgan fingerprint density at radius 2 is 1.82 bits per heavy atom. The molecule has 1 aromatic rings. The monoisotopic (exact) mass is 348 g/mol. The molecule has 1 amide bonds. The number of amides is 1. The number of rotatable bonds is 6. The van der Waals surface area contributed by atoms with Gasteiger partial charge in [0.2, 0.25) is 0 Å². The van der Waals surface area contributed by atoms with Gasteiger partial charge >= 0.3 is 0 Å². The van der Waals surface area contributed by atoms with Crippen LogP contribution < -0.4 is 11.1 Å². The normalized spacial score (nSPS) is 11.7. The molecule has 0 aliphatic rings. The summed E-state index contributed by atoms with van der Waals surface area (Å²) in [5, 5.41) is 2.96. The molecule has 0 unspecified atom stereocenters. The molecule has 1 rings (SSSR count). The SMILES string of the molecule is CCC(CC)(CN)NC(=O)c1cc(S(C)(=O)=O)ccc1C.Cl. The van der Waals surface area contributed by atoms with Crippen molar-refractivity contribution in [2.24, 2.45) is 5.73 Å². The van der Waals surface area contributed by atoms with Gasteiger partial charge in [0.1, 0.15) is 0 Å². The van der Waals surface area contributed by atoms with Crippen LogP contribution in [-0.4, -0.2) is 32.7 Å². The highest BCUT2D eigenvalue weighted by Gasteiger charge is 2.27. The number of nitrogens with one attached hydrogen (secondary N) is 1. The zero-order valence-corrected chi connectivity index (χ0v) is 15.1. The Morgan fingerprint density at radius 1 is 1.27 bits per heavy atom. The number of sulfone groups is 1. The number of hydrogen-bond donors (Lipinski definition) is 2. The van der Waals surface area contributed by atoms with Crippen molar-refractivity contribution in [2.45, 2.75) is 44.0 Å². The van der Waals surface area contributed by atoms with Gasteiger partial charge in [-0.1, -0.05) is 19.9 Å². The quantitative estimate of drug-likeness (QED) is 0.823. The summed E-state index contributed by atoms with van der Waals surface area (Å²) in [6, 6.07) is 4.58. The van der Waals surface area contributed by atoms with E-state index in [0.717, 1.165) is 24.7 Å². The minimum atomic E-state index is -3.34. The zero-order chi connectivity index (χ0) is 16.3. The molecule has 0 saturated heterocycles. The van der Waals surface area contributed by atoms with Crippen LogP contribution in [0, 0.1) is 6.92 Å². The maximum absolute atomic E-state index is 12.5. The summed E-state index contributed by atoms with van der Waals surface area (Å²) in [5.41, 5.74) is 6.44. The lowest BCUT2D eigenvalue weighted by atomic mass is 9.92. The minimum absolute atomic E-state index is 0. The summed E-state index contributed by atoms with van der Waals surface area (Å²) in [6.45, 7) is 6.06. The third-order valence-electron chi connectivity index (χ3n) is 4.00. The lowest BCUT2D eigenvalue weighted by Gasteiger charge is -2.31. The van der Waals surface area contributed by atoms with E-state index in [1.807, 2.05) is 13.8 Å². The Kier molecular flexibility index (Phi) is 7.54. The number of aryl methyl sites for hydroxylation is 1. The van der Waals surface area contributed by atoms with Gasteiger partial charge in [-0.3, -0.25) is 4.79 Å². The van der Waals surface area contributed by atoms with Crippen LogP contribution in [0.25, 0.3) is 0 Å². The molecular formula is C15H25ClN2O3S. The van der Waals surface area contributed by atoms with Crippen LogP contribution in [0.15, 0.2) is 23.1 Å². The van der Waals surface area contributed by atoms with E-state index in [1.54, 1.807) is 13.0 Å². The molecule has 7 heteroatoms. The summed E-state index contributed by atoms with van der Waals surface area (Å²) in [6.07, 6.45) is 2.56. The van der Waals surface area contributed by atoms with E-state index in [0.29, 0.717) is 12.1 Å². The molecule has 1 aromatic carbocycles. The summed E-state index contributed by atoms with van der Waals surface area (Å²) in [7, 11) is -3.34. The predicted molar refractivity (Wildman–Crippen MR) is 91.4 cm³/mol. The Labute approximate surface area is 139 Å². The van der Waals surface area contributed by atoms with Gasteiger partial charge in [0.15, 0.2) is 9.84 Å². The van der Waals surface area contributed by atoms with Crippen LogP contribution in [0.2, 0.25) is 0 Å². The summed E-state index contributed by atoms with van der Waals surface area (Å²) in [5.74, 6) is -0.285. The number of nitrogens with two attached hydrogens (primary N) is 1. The zero-order valence-electron chi connectivity index (χ0n) is 13.5. The van der Waals surface area contributed by atoms with Crippen LogP contribution in [0.1, 0.15) is 42.6 Å². The van der Waals surface area contributed by atoms with Gasteiger partial charge < -0.3 is 11.1 Å². The molecule has 5 nitrogen and oxygen atoms in total. The van der Waals surface area contributed by atoms with Crippen LogP contribution in [0.5, 0.6) is 0 Å². The number of benzene rings is 1. The van der Waals surface area contributed by atoms with E-state index in [4.69, 9.17) is 5.73 Å². The van der Waals surface area contributed by atoms with Crippen LogP contribution in [-0.2, 0) is 9.84 Å². The Bertz CT molecular complexity index is 617. The molecule has 0 radical (unpaired) electrons. The predicted octanol–water partition coefficient (Wildman–Crippen LogP) is 2.07. The maximum Gasteiger partial charge on any atom is 0.252 e. The Morgan fingerprint density at radius 3 is 2.23 bits per heavy atom. The van der Waals surface area contributed by atoms with E-state index in [9.17, 15) is 13.2 Å². The summed E-state index contributed by atoms with van der Waals surface area (Å²) >= 11 is 0. The second-order valence-electron chi connectivity index (χ2n) is 5.39.